The van der Waals surface area contributed by atoms with Crippen LogP contribution < -0.4 is 10.5 Å². The molecule has 17 heavy (non-hydrogen) atoms. The van der Waals surface area contributed by atoms with Crippen molar-refractivity contribution in [2.45, 2.75) is 19.9 Å². The second kappa shape index (κ2) is 4.97. The summed E-state index contributed by atoms with van der Waals surface area (Å²) in [5.41, 5.74) is 8.55. The Morgan fingerprint density at radius 3 is 2.88 bits per heavy atom. The minimum Gasteiger partial charge on any atom is -0.497 e. The van der Waals surface area contributed by atoms with Crippen LogP contribution in [0.5, 0.6) is 5.75 Å². The molecule has 0 atom stereocenters. The maximum Gasteiger partial charge on any atom is 0.121 e. The van der Waals surface area contributed by atoms with Crippen molar-refractivity contribution in [3.05, 3.63) is 35.7 Å². The molecule has 0 amide bonds. The molecule has 5 nitrogen and oxygen atoms in total. The zero-order valence-corrected chi connectivity index (χ0v) is 10.1. The zero-order chi connectivity index (χ0) is 12.3. The fourth-order valence-corrected chi connectivity index (χ4v) is 1.76. The molecule has 90 valence electrons. The van der Waals surface area contributed by atoms with Gasteiger partial charge in [-0.1, -0.05) is 18.2 Å². The first-order chi connectivity index (χ1) is 8.30. The molecule has 0 unspecified atom stereocenters. The van der Waals surface area contributed by atoms with E-state index in [0.29, 0.717) is 6.54 Å². The van der Waals surface area contributed by atoms with E-state index in [1.807, 2.05) is 31.2 Å². The summed E-state index contributed by atoms with van der Waals surface area (Å²) in [5.74, 6) is 0.791. The maximum absolute atomic E-state index is 5.75. The number of methoxy groups -OCH3 is 1. The van der Waals surface area contributed by atoms with Crippen molar-refractivity contribution in [1.29, 1.82) is 0 Å². The number of nitrogens with two attached hydrogens (primary N) is 1. The van der Waals surface area contributed by atoms with Gasteiger partial charge in [-0.25, -0.2) is 4.68 Å². The predicted octanol–water partition coefficient (Wildman–Crippen LogP) is 1.30. The van der Waals surface area contributed by atoms with E-state index in [-0.39, 0.29) is 0 Å². The van der Waals surface area contributed by atoms with Gasteiger partial charge >= 0.3 is 0 Å². The van der Waals surface area contributed by atoms with Gasteiger partial charge in [-0.05, 0) is 18.6 Å². The lowest BCUT2D eigenvalue weighted by atomic mass is 10.2. The molecule has 0 aliphatic heterocycles. The largest absolute Gasteiger partial charge is 0.497 e. The number of hydrogen-bond donors (Lipinski definition) is 1. The summed E-state index contributed by atoms with van der Waals surface area (Å²) >= 11 is 0. The Hall–Kier alpha value is -1.88. The number of hydrogen-bond acceptors (Lipinski definition) is 4. The van der Waals surface area contributed by atoms with Crippen molar-refractivity contribution in [2.75, 3.05) is 7.11 Å². The van der Waals surface area contributed by atoms with E-state index in [1.54, 1.807) is 11.8 Å². The summed E-state index contributed by atoms with van der Waals surface area (Å²) in [6.45, 7) is 2.46. The third kappa shape index (κ3) is 2.14. The van der Waals surface area contributed by atoms with E-state index < -0.39 is 0 Å². The summed E-state index contributed by atoms with van der Waals surface area (Å²) in [5, 5.41) is 8.26. The van der Waals surface area contributed by atoms with Crippen LogP contribution in [0.25, 0.3) is 5.69 Å². The smallest absolute Gasteiger partial charge is 0.121 e. The summed E-state index contributed by atoms with van der Waals surface area (Å²) in [7, 11) is 1.64. The van der Waals surface area contributed by atoms with Crippen molar-refractivity contribution in [3.63, 3.8) is 0 Å². The van der Waals surface area contributed by atoms with Crippen molar-refractivity contribution < 1.29 is 4.74 Å². The minimum atomic E-state index is 0.424. The average Bonchev–Trinajstić information content (AvgIpc) is 2.81. The average molecular weight is 232 g/mol. The number of rotatable bonds is 4. The maximum atomic E-state index is 5.75. The van der Waals surface area contributed by atoms with Crippen LogP contribution >= 0.6 is 0 Å². The first-order valence-electron chi connectivity index (χ1n) is 5.58. The number of ether oxygens (including phenoxy) is 1. The molecule has 0 fully saturated rings. The summed E-state index contributed by atoms with van der Waals surface area (Å²) in [6, 6.07) is 7.67. The van der Waals surface area contributed by atoms with E-state index in [1.165, 1.54) is 0 Å². The van der Waals surface area contributed by atoms with E-state index >= 15 is 0 Å². The third-order valence-electron chi connectivity index (χ3n) is 2.67. The Morgan fingerprint density at radius 2 is 2.24 bits per heavy atom. The van der Waals surface area contributed by atoms with Crippen LogP contribution in [0.1, 0.15) is 18.3 Å². The molecule has 0 saturated carbocycles. The first-order valence-corrected chi connectivity index (χ1v) is 5.58. The summed E-state index contributed by atoms with van der Waals surface area (Å²) < 4.78 is 6.96. The molecule has 0 bridgehead atoms. The van der Waals surface area contributed by atoms with Gasteiger partial charge in [0, 0.05) is 12.6 Å². The van der Waals surface area contributed by atoms with Crippen LogP contribution in [0.3, 0.4) is 0 Å². The molecule has 1 aromatic heterocycles. The highest BCUT2D eigenvalue weighted by Gasteiger charge is 2.11. The lowest BCUT2D eigenvalue weighted by Gasteiger charge is -2.07. The Kier molecular flexibility index (Phi) is 3.39. The highest BCUT2D eigenvalue weighted by molar-refractivity contribution is 5.40. The molecule has 0 aliphatic rings. The molecule has 0 aliphatic carbocycles. The van der Waals surface area contributed by atoms with Gasteiger partial charge in [-0.15, -0.1) is 5.10 Å². The van der Waals surface area contributed by atoms with Gasteiger partial charge in [-0.3, -0.25) is 0 Å². The molecule has 2 N–H and O–H groups in total. The zero-order valence-electron chi connectivity index (χ0n) is 10.1. The van der Waals surface area contributed by atoms with E-state index in [4.69, 9.17) is 10.5 Å². The van der Waals surface area contributed by atoms with Crippen molar-refractivity contribution >= 4 is 0 Å². The molecule has 0 saturated heterocycles. The molecule has 0 radical (unpaired) electrons. The van der Waals surface area contributed by atoms with Crippen LogP contribution in [0, 0.1) is 0 Å². The summed E-state index contributed by atoms with van der Waals surface area (Å²) in [4.78, 5) is 0. The molecular formula is C12H16N4O. The third-order valence-corrected chi connectivity index (χ3v) is 2.67. The minimum absolute atomic E-state index is 0.424. The van der Waals surface area contributed by atoms with Crippen molar-refractivity contribution in [2.24, 2.45) is 5.73 Å². The lowest BCUT2D eigenvalue weighted by molar-refractivity contribution is 0.414. The fraction of sp³-hybridized carbons (Fsp3) is 0.333. The molecule has 0 spiro atoms. The van der Waals surface area contributed by atoms with E-state index in [2.05, 4.69) is 10.3 Å². The summed E-state index contributed by atoms with van der Waals surface area (Å²) in [6.07, 6.45) is 0.830. The molecule has 2 rings (SSSR count). The topological polar surface area (TPSA) is 66.0 Å². The van der Waals surface area contributed by atoms with E-state index in [0.717, 1.165) is 29.2 Å². The number of nitrogens with zero attached hydrogens (tertiary/aromatic N) is 3. The second-order valence-corrected chi connectivity index (χ2v) is 3.65. The van der Waals surface area contributed by atoms with Gasteiger partial charge in [0.1, 0.15) is 5.75 Å². The Balaban J connectivity index is 2.48. The number of aryl methyl sites for hydroxylation is 1. The van der Waals surface area contributed by atoms with Gasteiger partial charge in [0.05, 0.1) is 24.2 Å². The molecule has 2 aromatic rings. The lowest BCUT2D eigenvalue weighted by Crippen LogP contribution is -2.08. The molecule has 5 heteroatoms. The van der Waals surface area contributed by atoms with Crippen LogP contribution in [0.15, 0.2) is 24.3 Å². The fourth-order valence-electron chi connectivity index (χ4n) is 1.76. The number of benzene rings is 1. The Labute approximate surface area is 100 Å². The van der Waals surface area contributed by atoms with Gasteiger partial charge in [0.2, 0.25) is 0 Å². The van der Waals surface area contributed by atoms with Crippen LogP contribution in [-0.2, 0) is 13.0 Å². The standard InChI is InChI=1S/C12H16N4O/c1-3-11-12(8-13)16(15-14-11)9-5-4-6-10(7-9)17-2/h4-7H,3,8,13H2,1-2H3. The van der Waals surface area contributed by atoms with Gasteiger partial charge < -0.3 is 10.5 Å². The predicted molar refractivity (Wildman–Crippen MR) is 65.2 cm³/mol. The highest BCUT2D eigenvalue weighted by Crippen LogP contribution is 2.18. The molecular weight excluding hydrogens is 216 g/mol. The van der Waals surface area contributed by atoms with Crippen molar-refractivity contribution in [3.8, 4) is 11.4 Å². The highest BCUT2D eigenvalue weighted by atomic mass is 16.5. The van der Waals surface area contributed by atoms with Gasteiger partial charge in [0.15, 0.2) is 0 Å². The first kappa shape index (κ1) is 11.6. The Morgan fingerprint density at radius 1 is 1.41 bits per heavy atom. The number of aromatic nitrogens is 3. The van der Waals surface area contributed by atoms with Gasteiger partial charge in [-0.2, -0.15) is 0 Å². The van der Waals surface area contributed by atoms with Crippen LogP contribution in [-0.4, -0.2) is 22.1 Å². The monoisotopic (exact) mass is 232 g/mol. The normalized spacial score (nSPS) is 10.5. The molecule has 1 heterocycles. The van der Waals surface area contributed by atoms with Gasteiger partial charge in [0.25, 0.3) is 0 Å². The van der Waals surface area contributed by atoms with Crippen LogP contribution in [0.4, 0.5) is 0 Å². The van der Waals surface area contributed by atoms with Crippen LogP contribution in [0.2, 0.25) is 0 Å². The quantitative estimate of drug-likeness (QED) is 0.862. The molecule has 1 aromatic carbocycles. The van der Waals surface area contributed by atoms with Crippen molar-refractivity contribution in [1.82, 2.24) is 15.0 Å². The SMILES string of the molecule is CCc1nnn(-c2cccc(OC)c2)c1CN. The second-order valence-electron chi connectivity index (χ2n) is 3.65. The van der Waals surface area contributed by atoms with E-state index in [9.17, 15) is 0 Å². The Bertz CT molecular complexity index is 507.